The number of benzene rings is 1. The first-order valence-corrected chi connectivity index (χ1v) is 5.08. The third-order valence-corrected chi connectivity index (χ3v) is 2.26. The number of carboxylic acids is 1. The lowest BCUT2D eigenvalue weighted by molar-refractivity contribution is -0.147. The monoisotopic (exact) mass is 226 g/mol. The highest BCUT2D eigenvalue weighted by Gasteiger charge is 2.24. The standard InChI is InChI=1S/C12H15FO3/c1-7(2)11(12(14)15)16-9-6-4-5-8(3)10(9)13/h4-7,11H,1-3H3,(H,14,15). The highest BCUT2D eigenvalue weighted by Crippen LogP contribution is 2.22. The molecule has 4 heteroatoms. The maximum absolute atomic E-state index is 13.6. The molecule has 0 bridgehead atoms. The van der Waals surface area contributed by atoms with E-state index in [1.165, 1.54) is 6.07 Å². The minimum atomic E-state index is -1.09. The molecular weight excluding hydrogens is 211 g/mol. The third kappa shape index (κ3) is 2.72. The van der Waals surface area contributed by atoms with Crippen LogP contribution in [0.15, 0.2) is 18.2 Å². The van der Waals surface area contributed by atoms with Crippen molar-refractivity contribution in [3.8, 4) is 5.75 Å². The number of hydrogen-bond donors (Lipinski definition) is 1. The van der Waals surface area contributed by atoms with Gasteiger partial charge in [0.1, 0.15) is 0 Å². The molecule has 0 radical (unpaired) electrons. The number of carboxylic acid groups (broad SMARTS) is 1. The van der Waals surface area contributed by atoms with Gasteiger partial charge >= 0.3 is 5.97 Å². The van der Waals surface area contributed by atoms with Crippen LogP contribution >= 0.6 is 0 Å². The van der Waals surface area contributed by atoms with Crippen molar-refractivity contribution in [1.29, 1.82) is 0 Å². The Hall–Kier alpha value is -1.58. The van der Waals surface area contributed by atoms with Crippen molar-refractivity contribution in [1.82, 2.24) is 0 Å². The zero-order valence-corrected chi connectivity index (χ0v) is 9.53. The summed E-state index contributed by atoms with van der Waals surface area (Å²) in [5.41, 5.74) is 0.436. The van der Waals surface area contributed by atoms with Crippen molar-refractivity contribution in [3.05, 3.63) is 29.6 Å². The predicted molar refractivity (Wildman–Crippen MR) is 58.0 cm³/mol. The number of rotatable bonds is 4. The summed E-state index contributed by atoms with van der Waals surface area (Å²) in [4.78, 5) is 10.9. The van der Waals surface area contributed by atoms with Gasteiger partial charge in [-0.05, 0) is 18.6 Å². The van der Waals surface area contributed by atoms with Crippen molar-refractivity contribution in [3.63, 3.8) is 0 Å². The molecular formula is C12H15FO3. The highest BCUT2D eigenvalue weighted by atomic mass is 19.1. The Morgan fingerprint density at radius 1 is 1.44 bits per heavy atom. The van der Waals surface area contributed by atoms with Crippen molar-refractivity contribution < 1.29 is 19.0 Å². The number of aryl methyl sites for hydroxylation is 1. The van der Waals surface area contributed by atoms with E-state index in [9.17, 15) is 9.18 Å². The van der Waals surface area contributed by atoms with Crippen molar-refractivity contribution >= 4 is 5.97 Å². The maximum Gasteiger partial charge on any atom is 0.345 e. The van der Waals surface area contributed by atoms with E-state index in [2.05, 4.69) is 0 Å². The molecule has 1 N–H and O–H groups in total. The van der Waals surface area contributed by atoms with Gasteiger partial charge in [0.05, 0.1) is 0 Å². The Morgan fingerprint density at radius 3 is 2.56 bits per heavy atom. The Kier molecular flexibility index (Phi) is 3.88. The summed E-state index contributed by atoms with van der Waals surface area (Å²) in [7, 11) is 0. The van der Waals surface area contributed by atoms with E-state index >= 15 is 0 Å². The Bertz CT molecular complexity index is 388. The van der Waals surface area contributed by atoms with Gasteiger partial charge in [0, 0.05) is 5.92 Å². The molecule has 0 saturated carbocycles. The Morgan fingerprint density at radius 2 is 2.06 bits per heavy atom. The summed E-state index contributed by atoms with van der Waals surface area (Å²) in [6.45, 7) is 5.03. The van der Waals surface area contributed by atoms with Gasteiger partial charge in [-0.2, -0.15) is 0 Å². The fraction of sp³-hybridized carbons (Fsp3) is 0.417. The van der Waals surface area contributed by atoms with Gasteiger partial charge in [-0.25, -0.2) is 9.18 Å². The van der Waals surface area contributed by atoms with Crippen LogP contribution in [0.2, 0.25) is 0 Å². The van der Waals surface area contributed by atoms with Crippen molar-refractivity contribution in [2.24, 2.45) is 5.92 Å². The molecule has 3 nitrogen and oxygen atoms in total. The largest absolute Gasteiger partial charge is 0.478 e. The first-order chi connectivity index (χ1) is 7.43. The van der Waals surface area contributed by atoms with E-state index in [0.717, 1.165) is 0 Å². The van der Waals surface area contributed by atoms with Crippen LogP contribution in [0.4, 0.5) is 4.39 Å². The summed E-state index contributed by atoms with van der Waals surface area (Å²) in [5.74, 6) is -1.83. The van der Waals surface area contributed by atoms with Crippen LogP contribution in [0, 0.1) is 18.7 Å². The van der Waals surface area contributed by atoms with Gasteiger partial charge in [-0.15, -0.1) is 0 Å². The number of hydrogen-bond acceptors (Lipinski definition) is 2. The van der Waals surface area contributed by atoms with Crippen LogP contribution in [0.1, 0.15) is 19.4 Å². The molecule has 0 aromatic heterocycles. The number of ether oxygens (including phenoxy) is 1. The minimum Gasteiger partial charge on any atom is -0.478 e. The first kappa shape index (κ1) is 12.5. The predicted octanol–water partition coefficient (Wildman–Crippen LogP) is 2.62. The topological polar surface area (TPSA) is 46.5 Å². The molecule has 88 valence electrons. The van der Waals surface area contributed by atoms with E-state index < -0.39 is 17.9 Å². The lowest BCUT2D eigenvalue weighted by Gasteiger charge is -2.19. The maximum atomic E-state index is 13.6. The lowest BCUT2D eigenvalue weighted by atomic mass is 10.1. The normalized spacial score (nSPS) is 12.6. The number of halogens is 1. The summed E-state index contributed by atoms with van der Waals surface area (Å²) in [6.07, 6.45) is -1.03. The van der Waals surface area contributed by atoms with Crippen LogP contribution in [0.25, 0.3) is 0 Å². The fourth-order valence-corrected chi connectivity index (χ4v) is 1.32. The summed E-state index contributed by atoms with van der Waals surface area (Å²) < 4.78 is 18.7. The molecule has 0 spiro atoms. The zero-order valence-electron chi connectivity index (χ0n) is 9.53. The van der Waals surface area contributed by atoms with E-state index in [1.807, 2.05) is 0 Å². The first-order valence-electron chi connectivity index (χ1n) is 5.08. The average molecular weight is 226 g/mol. The summed E-state index contributed by atoms with van der Waals surface area (Å²) in [5, 5.41) is 8.92. The van der Waals surface area contributed by atoms with Gasteiger partial charge in [0.25, 0.3) is 0 Å². The van der Waals surface area contributed by atoms with E-state index in [0.29, 0.717) is 5.56 Å². The molecule has 0 heterocycles. The molecule has 1 aromatic rings. The summed E-state index contributed by atoms with van der Waals surface area (Å²) in [6, 6.07) is 4.67. The average Bonchev–Trinajstić information content (AvgIpc) is 2.19. The second-order valence-corrected chi connectivity index (χ2v) is 4.01. The molecule has 0 aliphatic rings. The number of aliphatic carboxylic acids is 1. The fourth-order valence-electron chi connectivity index (χ4n) is 1.32. The Labute approximate surface area is 93.9 Å². The molecule has 1 atom stereocenters. The lowest BCUT2D eigenvalue weighted by Crippen LogP contribution is -2.32. The van der Waals surface area contributed by atoms with Gasteiger partial charge in [-0.1, -0.05) is 26.0 Å². The molecule has 1 unspecified atom stereocenters. The van der Waals surface area contributed by atoms with Crippen LogP contribution < -0.4 is 4.74 Å². The molecule has 0 aliphatic heterocycles. The van der Waals surface area contributed by atoms with Gasteiger partial charge < -0.3 is 9.84 Å². The molecule has 16 heavy (non-hydrogen) atoms. The molecule has 0 amide bonds. The van der Waals surface area contributed by atoms with Crippen LogP contribution in [0.3, 0.4) is 0 Å². The van der Waals surface area contributed by atoms with E-state index in [1.54, 1.807) is 32.9 Å². The Balaban J connectivity index is 2.94. The summed E-state index contributed by atoms with van der Waals surface area (Å²) >= 11 is 0. The van der Waals surface area contributed by atoms with Crippen molar-refractivity contribution in [2.75, 3.05) is 0 Å². The SMILES string of the molecule is Cc1cccc(OC(C(=O)O)C(C)C)c1F. The van der Waals surface area contributed by atoms with E-state index in [4.69, 9.17) is 9.84 Å². The molecule has 0 aliphatic carbocycles. The van der Waals surface area contributed by atoms with Crippen LogP contribution in [-0.4, -0.2) is 17.2 Å². The van der Waals surface area contributed by atoms with Gasteiger partial charge in [0.15, 0.2) is 17.7 Å². The second kappa shape index (κ2) is 4.96. The zero-order chi connectivity index (χ0) is 12.3. The number of carbonyl (C=O) groups is 1. The molecule has 1 aromatic carbocycles. The molecule has 0 saturated heterocycles. The van der Waals surface area contributed by atoms with Crippen LogP contribution in [-0.2, 0) is 4.79 Å². The third-order valence-electron chi connectivity index (χ3n) is 2.26. The molecule has 1 rings (SSSR count). The highest BCUT2D eigenvalue weighted by molar-refractivity contribution is 5.73. The quantitative estimate of drug-likeness (QED) is 0.858. The second-order valence-electron chi connectivity index (χ2n) is 4.01. The van der Waals surface area contributed by atoms with Crippen molar-refractivity contribution in [2.45, 2.75) is 26.9 Å². The van der Waals surface area contributed by atoms with Gasteiger partial charge in [-0.3, -0.25) is 0 Å². The smallest absolute Gasteiger partial charge is 0.345 e. The van der Waals surface area contributed by atoms with Crippen LogP contribution in [0.5, 0.6) is 5.75 Å². The molecule has 0 fully saturated rings. The van der Waals surface area contributed by atoms with Gasteiger partial charge in [0.2, 0.25) is 0 Å². The minimum absolute atomic E-state index is 0.0129. The van der Waals surface area contributed by atoms with E-state index in [-0.39, 0.29) is 11.7 Å².